The zero-order valence-electron chi connectivity index (χ0n) is 16.3. The first-order valence-electron chi connectivity index (χ1n) is 9.84. The Kier molecular flexibility index (Phi) is 5.76. The van der Waals surface area contributed by atoms with E-state index in [1.165, 1.54) is 16.2 Å². The normalized spacial score (nSPS) is 15.4. The lowest BCUT2D eigenvalue weighted by Gasteiger charge is -2.18. The molecule has 1 N–H and O–H groups in total. The molecule has 5 heteroatoms. The third kappa shape index (κ3) is 4.40. The van der Waals surface area contributed by atoms with Crippen LogP contribution in [0.2, 0.25) is 0 Å². The van der Waals surface area contributed by atoms with Gasteiger partial charge in [-0.3, -0.25) is 10.1 Å². The van der Waals surface area contributed by atoms with E-state index in [4.69, 9.17) is 4.74 Å². The van der Waals surface area contributed by atoms with Crippen LogP contribution in [0.1, 0.15) is 45.3 Å². The number of fused-ring (bicyclic) bond motifs is 1. The van der Waals surface area contributed by atoms with Gasteiger partial charge in [-0.15, -0.1) is 11.3 Å². The molecule has 0 saturated carbocycles. The molecule has 2 aromatic carbocycles. The van der Waals surface area contributed by atoms with Crippen molar-refractivity contribution in [1.82, 2.24) is 0 Å². The van der Waals surface area contributed by atoms with Crippen LogP contribution in [0.25, 0.3) is 0 Å². The Morgan fingerprint density at radius 3 is 2.48 bits per heavy atom. The molecule has 29 heavy (non-hydrogen) atoms. The summed E-state index contributed by atoms with van der Waals surface area (Å²) in [4.78, 5) is 26.9. The van der Waals surface area contributed by atoms with Gasteiger partial charge in [-0.25, -0.2) is 4.79 Å². The first kappa shape index (κ1) is 19.4. The number of carbonyl (C=O) groups is 2. The largest absolute Gasteiger partial charge is 0.444 e. The van der Waals surface area contributed by atoms with Crippen LogP contribution in [-0.2, 0) is 24.2 Å². The third-order valence-electron chi connectivity index (χ3n) is 5.20. The van der Waals surface area contributed by atoms with E-state index in [1.54, 1.807) is 0 Å². The molecule has 148 valence electrons. The molecule has 3 aromatic rings. The maximum Gasteiger partial charge on any atom is 0.412 e. The molecule has 4 rings (SSSR count). The lowest BCUT2D eigenvalue weighted by atomic mass is 9.86. The zero-order chi connectivity index (χ0) is 20.2. The molecular weight excluding hydrogens is 382 g/mol. The molecular formula is C24H23NO3S. The summed E-state index contributed by atoms with van der Waals surface area (Å²) in [7, 11) is 0. The predicted octanol–water partition coefficient (Wildman–Crippen LogP) is 5.85. The average Bonchev–Trinajstić information content (AvgIpc) is 3.09. The number of nitrogens with one attached hydrogen (secondary N) is 1. The quantitative estimate of drug-likeness (QED) is 0.542. The Morgan fingerprint density at radius 2 is 1.76 bits per heavy atom. The van der Waals surface area contributed by atoms with Gasteiger partial charge in [0.15, 0.2) is 5.78 Å². The molecule has 1 heterocycles. The first-order valence-corrected chi connectivity index (χ1v) is 10.7. The van der Waals surface area contributed by atoms with E-state index in [2.05, 4.69) is 12.2 Å². The number of amides is 1. The minimum atomic E-state index is -0.539. The van der Waals surface area contributed by atoms with Crippen molar-refractivity contribution in [2.24, 2.45) is 5.92 Å². The van der Waals surface area contributed by atoms with Gasteiger partial charge in [-0.1, -0.05) is 67.6 Å². The van der Waals surface area contributed by atoms with Crippen LogP contribution in [0, 0.1) is 5.92 Å². The molecule has 0 fully saturated rings. The topological polar surface area (TPSA) is 55.4 Å². The predicted molar refractivity (Wildman–Crippen MR) is 116 cm³/mol. The number of anilines is 1. The molecule has 0 spiro atoms. The third-order valence-corrected chi connectivity index (χ3v) is 6.37. The van der Waals surface area contributed by atoms with Crippen LogP contribution >= 0.6 is 11.3 Å². The lowest BCUT2D eigenvalue weighted by molar-refractivity contribution is 0.103. The van der Waals surface area contributed by atoms with Crippen LogP contribution in [0.3, 0.4) is 0 Å². The Balaban J connectivity index is 1.58. The van der Waals surface area contributed by atoms with Gasteiger partial charge in [-0.05, 0) is 36.3 Å². The smallest absolute Gasteiger partial charge is 0.412 e. The minimum absolute atomic E-state index is 0.0454. The Morgan fingerprint density at radius 1 is 1.07 bits per heavy atom. The van der Waals surface area contributed by atoms with E-state index in [1.807, 2.05) is 60.7 Å². The van der Waals surface area contributed by atoms with Gasteiger partial charge in [0.2, 0.25) is 0 Å². The van der Waals surface area contributed by atoms with Crippen LogP contribution in [-0.4, -0.2) is 11.9 Å². The fourth-order valence-electron chi connectivity index (χ4n) is 3.66. The first-order chi connectivity index (χ1) is 14.1. The maximum atomic E-state index is 13.3. The Labute approximate surface area is 174 Å². The summed E-state index contributed by atoms with van der Waals surface area (Å²) in [6.07, 6.45) is 2.32. The monoisotopic (exact) mass is 405 g/mol. The highest BCUT2D eigenvalue weighted by molar-refractivity contribution is 7.17. The molecule has 1 atom stereocenters. The van der Waals surface area contributed by atoms with E-state index in [9.17, 15) is 9.59 Å². The lowest BCUT2D eigenvalue weighted by Crippen LogP contribution is -2.16. The molecule has 1 aliphatic rings. The van der Waals surface area contributed by atoms with Gasteiger partial charge in [0.1, 0.15) is 11.6 Å². The highest BCUT2D eigenvalue weighted by atomic mass is 32.1. The molecule has 1 amide bonds. The Bertz CT molecular complexity index is 1010. The molecule has 0 aliphatic heterocycles. The highest BCUT2D eigenvalue weighted by Gasteiger charge is 2.29. The summed E-state index contributed by atoms with van der Waals surface area (Å²) in [5.74, 6) is 0.537. The number of ether oxygens (including phenoxy) is 1. The van der Waals surface area contributed by atoms with Crippen molar-refractivity contribution in [3.8, 4) is 0 Å². The van der Waals surface area contributed by atoms with Crippen LogP contribution < -0.4 is 5.32 Å². The summed E-state index contributed by atoms with van der Waals surface area (Å²) in [6.45, 7) is 2.42. The van der Waals surface area contributed by atoms with Crippen molar-refractivity contribution in [1.29, 1.82) is 0 Å². The van der Waals surface area contributed by atoms with Gasteiger partial charge in [0.25, 0.3) is 0 Å². The van der Waals surface area contributed by atoms with E-state index < -0.39 is 6.09 Å². The number of hydrogen-bond donors (Lipinski definition) is 1. The van der Waals surface area contributed by atoms with E-state index in [0.717, 1.165) is 30.4 Å². The Hall–Kier alpha value is -2.92. The van der Waals surface area contributed by atoms with Gasteiger partial charge >= 0.3 is 6.09 Å². The number of hydrogen-bond acceptors (Lipinski definition) is 4. The molecule has 1 unspecified atom stereocenters. The number of rotatable bonds is 5. The number of carbonyl (C=O) groups excluding carboxylic acids is 2. The highest BCUT2D eigenvalue weighted by Crippen LogP contribution is 2.40. The SMILES string of the molecule is CC1CCc2c(sc(NC(=O)OCc3ccccc3)c2C(=O)c2ccccc2)C1. The second-order valence-corrected chi connectivity index (χ2v) is 8.54. The van der Waals surface area contributed by atoms with E-state index in [0.29, 0.717) is 22.0 Å². The average molecular weight is 406 g/mol. The number of thiophene rings is 1. The summed E-state index contributed by atoms with van der Waals surface area (Å²) < 4.78 is 5.37. The van der Waals surface area contributed by atoms with Gasteiger partial charge in [0.05, 0.1) is 5.56 Å². The number of ketones is 1. The van der Waals surface area contributed by atoms with Crippen LogP contribution in [0.5, 0.6) is 0 Å². The molecule has 0 saturated heterocycles. The molecule has 1 aromatic heterocycles. The van der Waals surface area contributed by atoms with Crippen LogP contribution in [0.4, 0.5) is 9.80 Å². The minimum Gasteiger partial charge on any atom is -0.444 e. The van der Waals surface area contributed by atoms with Crippen molar-refractivity contribution in [3.05, 3.63) is 87.8 Å². The van der Waals surface area contributed by atoms with Crippen molar-refractivity contribution < 1.29 is 14.3 Å². The van der Waals surface area contributed by atoms with Crippen molar-refractivity contribution in [3.63, 3.8) is 0 Å². The second kappa shape index (κ2) is 8.62. The van der Waals surface area contributed by atoms with Gasteiger partial charge in [0, 0.05) is 10.4 Å². The fraction of sp³-hybridized carbons (Fsp3) is 0.250. The maximum absolute atomic E-state index is 13.3. The van der Waals surface area contributed by atoms with Crippen LogP contribution in [0.15, 0.2) is 60.7 Å². The summed E-state index contributed by atoms with van der Waals surface area (Å²) >= 11 is 1.51. The second-order valence-electron chi connectivity index (χ2n) is 7.44. The number of benzene rings is 2. The van der Waals surface area contributed by atoms with Crippen molar-refractivity contribution >= 4 is 28.2 Å². The van der Waals surface area contributed by atoms with E-state index >= 15 is 0 Å². The molecule has 4 nitrogen and oxygen atoms in total. The fourth-order valence-corrected chi connectivity index (χ4v) is 5.06. The summed E-state index contributed by atoms with van der Waals surface area (Å²) in [5.41, 5.74) is 3.26. The van der Waals surface area contributed by atoms with E-state index in [-0.39, 0.29) is 12.4 Å². The van der Waals surface area contributed by atoms with Crippen molar-refractivity contribution in [2.45, 2.75) is 32.8 Å². The molecule has 1 aliphatic carbocycles. The molecule has 0 bridgehead atoms. The van der Waals surface area contributed by atoms with Crippen molar-refractivity contribution in [2.75, 3.05) is 5.32 Å². The van der Waals surface area contributed by atoms with Gasteiger partial charge < -0.3 is 4.74 Å². The summed E-state index contributed by atoms with van der Waals surface area (Å²) in [6, 6.07) is 18.8. The standard InChI is InChI=1S/C24H23NO3S/c1-16-12-13-19-20(14-16)29-23(21(19)22(26)18-10-6-3-7-11-18)25-24(27)28-15-17-8-4-2-5-9-17/h2-11,16H,12-15H2,1H3,(H,25,27). The zero-order valence-corrected chi connectivity index (χ0v) is 17.1. The summed E-state index contributed by atoms with van der Waals surface area (Å²) in [5, 5.41) is 3.43. The van der Waals surface area contributed by atoms with Gasteiger partial charge in [-0.2, -0.15) is 0 Å². The molecule has 0 radical (unpaired) electrons.